The van der Waals surface area contributed by atoms with E-state index in [1.54, 1.807) is 0 Å². The molecule has 100 valence electrons. The lowest BCUT2D eigenvalue weighted by molar-refractivity contribution is 0.155. The number of rotatable bonds is 2. The number of nitrogens with zero attached hydrogens (tertiary/aromatic N) is 1. The third kappa shape index (κ3) is 2.19. The first-order valence-corrected chi connectivity index (χ1v) is 6.80. The fourth-order valence-corrected chi connectivity index (χ4v) is 2.96. The summed E-state index contributed by atoms with van der Waals surface area (Å²) in [4.78, 5) is 0. The van der Waals surface area contributed by atoms with Crippen molar-refractivity contribution < 1.29 is 9.50 Å². The van der Waals surface area contributed by atoms with Gasteiger partial charge in [-0.1, -0.05) is 12.1 Å². The molecule has 0 fully saturated rings. The van der Waals surface area contributed by atoms with Crippen LogP contribution < -0.4 is 0 Å². The van der Waals surface area contributed by atoms with E-state index in [-0.39, 0.29) is 18.0 Å². The van der Waals surface area contributed by atoms with Crippen LogP contribution in [0.3, 0.4) is 0 Å². The lowest BCUT2D eigenvalue weighted by Gasteiger charge is -2.23. The van der Waals surface area contributed by atoms with Crippen molar-refractivity contribution in [1.29, 1.82) is 0 Å². The van der Waals surface area contributed by atoms with Gasteiger partial charge in [0, 0.05) is 17.5 Å². The van der Waals surface area contributed by atoms with E-state index in [0.29, 0.717) is 0 Å². The van der Waals surface area contributed by atoms with Crippen molar-refractivity contribution in [2.75, 3.05) is 0 Å². The topological polar surface area (TPSA) is 25.2 Å². The van der Waals surface area contributed by atoms with E-state index in [4.69, 9.17) is 0 Å². The van der Waals surface area contributed by atoms with E-state index in [1.165, 1.54) is 17.8 Å². The number of fused-ring (bicyclic) bond motifs is 1. The number of aromatic nitrogens is 1. The van der Waals surface area contributed by atoms with Gasteiger partial charge in [-0.3, -0.25) is 0 Å². The summed E-state index contributed by atoms with van der Waals surface area (Å²) in [5.74, 6) is -0.207. The molecule has 1 aromatic carbocycles. The van der Waals surface area contributed by atoms with Crippen LogP contribution in [0.25, 0.3) is 0 Å². The molecular weight excluding hydrogens is 241 g/mol. The molecule has 1 N–H and O–H groups in total. The van der Waals surface area contributed by atoms with Gasteiger partial charge in [0.15, 0.2) is 0 Å². The maximum absolute atomic E-state index is 13.0. The molecule has 2 unspecified atom stereocenters. The molecule has 3 heteroatoms. The summed E-state index contributed by atoms with van der Waals surface area (Å²) in [7, 11) is 0. The van der Waals surface area contributed by atoms with Crippen molar-refractivity contribution in [1.82, 2.24) is 4.57 Å². The Balaban J connectivity index is 1.96. The van der Waals surface area contributed by atoms with Gasteiger partial charge in [-0.05, 0) is 49.9 Å². The van der Waals surface area contributed by atoms with Crippen LogP contribution in [0.5, 0.6) is 0 Å². The van der Waals surface area contributed by atoms with Gasteiger partial charge in [-0.2, -0.15) is 0 Å². The minimum absolute atomic E-state index is 0.162. The SMILES string of the molecule is CC(c1ccc(F)cc1)n1ccc2c1CCCC2O. The Hall–Kier alpha value is -1.61. The van der Waals surface area contributed by atoms with Gasteiger partial charge in [0.1, 0.15) is 5.82 Å². The van der Waals surface area contributed by atoms with E-state index in [9.17, 15) is 9.50 Å². The van der Waals surface area contributed by atoms with Gasteiger partial charge in [-0.25, -0.2) is 4.39 Å². The highest BCUT2D eigenvalue weighted by Gasteiger charge is 2.23. The zero-order valence-corrected chi connectivity index (χ0v) is 11.0. The molecule has 1 heterocycles. The number of hydrogen-bond acceptors (Lipinski definition) is 1. The molecule has 0 saturated carbocycles. The number of benzene rings is 1. The zero-order chi connectivity index (χ0) is 13.4. The Bertz CT molecular complexity index is 573. The minimum Gasteiger partial charge on any atom is -0.388 e. The number of halogens is 1. The zero-order valence-electron chi connectivity index (χ0n) is 11.0. The third-order valence-corrected chi connectivity index (χ3v) is 4.08. The van der Waals surface area contributed by atoms with Gasteiger partial charge in [0.05, 0.1) is 12.1 Å². The molecule has 2 nitrogen and oxygen atoms in total. The van der Waals surface area contributed by atoms with Crippen LogP contribution in [0.4, 0.5) is 4.39 Å². The average molecular weight is 259 g/mol. The highest BCUT2D eigenvalue weighted by molar-refractivity contribution is 5.30. The molecule has 0 radical (unpaired) electrons. The quantitative estimate of drug-likeness (QED) is 0.875. The fourth-order valence-electron chi connectivity index (χ4n) is 2.96. The Labute approximate surface area is 112 Å². The monoisotopic (exact) mass is 259 g/mol. The van der Waals surface area contributed by atoms with Crippen LogP contribution in [0.2, 0.25) is 0 Å². The first-order chi connectivity index (χ1) is 9.16. The van der Waals surface area contributed by atoms with Crippen molar-refractivity contribution in [3.8, 4) is 0 Å². The molecule has 0 saturated heterocycles. The summed E-state index contributed by atoms with van der Waals surface area (Å²) in [6.45, 7) is 2.11. The first-order valence-electron chi connectivity index (χ1n) is 6.80. The lowest BCUT2D eigenvalue weighted by Crippen LogP contribution is -2.15. The Morgan fingerprint density at radius 3 is 2.74 bits per heavy atom. The Morgan fingerprint density at radius 1 is 1.26 bits per heavy atom. The summed E-state index contributed by atoms with van der Waals surface area (Å²) in [5, 5.41) is 10.0. The van der Waals surface area contributed by atoms with Gasteiger partial charge in [0.25, 0.3) is 0 Å². The van der Waals surface area contributed by atoms with Crippen LogP contribution in [0, 0.1) is 5.82 Å². The van der Waals surface area contributed by atoms with E-state index in [0.717, 1.165) is 30.4 Å². The molecule has 1 aliphatic rings. The average Bonchev–Trinajstić information content (AvgIpc) is 2.84. The first kappa shape index (κ1) is 12.4. The van der Waals surface area contributed by atoms with Crippen molar-refractivity contribution in [2.24, 2.45) is 0 Å². The second-order valence-corrected chi connectivity index (χ2v) is 5.26. The van der Waals surface area contributed by atoms with Crippen LogP contribution in [-0.4, -0.2) is 9.67 Å². The Kier molecular flexibility index (Phi) is 3.15. The molecule has 19 heavy (non-hydrogen) atoms. The van der Waals surface area contributed by atoms with Crippen molar-refractivity contribution >= 4 is 0 Å². The van der Waals surface area contributed by atoms with E-state index >= 15 is 0 Å². The highest BCUT2D eigenvalue weighted by Crippen LogP contribution is 2.33. The second-order valence-electron chi connectivity index (χ2n) is 5.26. The second kappa shape index (κ2) is 4.82. The predicted molar refractivity (Wildman–Crippen MR) is 72.5 cm³/mol. The van der Waals surface area contributed by atoms with Gasteiger partial charge >= 0.3 is 0 Å². The number of aliphatic hydroxyl groups excluding tert-OH is 1. The Morgan fingerprint density at radius 2 is 2.00 bits per heavy atom. The van der Waals surface area contributed by atoms with Gasteiger partial charge in [-0.15, -0.1) is 0 Å². The molecule has 2 aromatic rings. The lowest BCUT2D eigenvalue weighted by atomic mass is 9.95. The van der Waals surface area contributed by atoms with Crippen LogP contribution in [0.1, 0.15) is 48.7 Å². The summed E-state index contributed by atoms with van der Waals surface area (Å²) < 4.78 is 15.2. The summed E-state index contributed by atoms with van der Waals surface area (Å²) in [6, 6.07) is 8.82. The molecule has 1 aliphatic carbocycles. The number of aliphatic hydroxyl groups is 1. The van der Waals surface area contributed by atoms with E-state index in [1.807, 2.05) is 24.4 Å². The molecule has 0 spiro atoms. The maximum atomic E-state index is 13.0. The summed E-state index contributed by atoms with van der Waals surface area (Å²) in [6.07, 6.45) is 4.58. The van der Waals surface area contributed by atoms with Gasteiger partial charge < -0.3 is 9.67 Å². The van der Waals surface area contributed by atoms with Crippen molar-refractivity contribution in [3.63, 3.8) is 0 Å². The number of hydrogen-bond donors (Lipinski definition) is 1. The minimum atomic E-state index is -0.328. The summed E-state index contributed by atoms with van der Waals surface area (Å²) in [5.41, 5.74) is 3.36. The predicted octanol–water partition coefficient (Wildman–Crippen LogP) is 3.61. The molecule has 0 amide bonds. The van der Waals surface area contributed by atoms with Crippen molar-refractivity contribution in [3.05, 3.63) is 59.2 Å². The van der Waals surface area contributed by atoms with Gasteiger partial charge in [0.2, 0.25) is 0 Å². The standard InChI is InChI=1S/C16H18FNO/c1-11(12-5-7-13(17)8-6-12)18-10-9-14-15(18)3-2-4-16(14)19/h5-11,16,19H,2-4H2,1H3. The fraction of sp³-hybridized carbons (Fsp3) is 0.375. The molecule has 2 atom stereocenters. The van der Waals surface area contributed by atoms with Crippen molar-refractivity contribution in [2.45, 2.75) is 38.3 Å². The summed E-state index contributed by atoms with van der Waals surface area (Å²) >= 11 is 0. The van der Waals surface area contributed by atoms with Crippen LogP contribution in [0.15, 0.2) is 36.5 Å². The maximum Gasteiger partial charge on any atom is 0.123 e. The normalized spacial score (nSPS) is 20.1. The highest BCUT2D eigenvalue weighted by atomic mass is 19.1. The third-order valence-electron chi connectivity index (χ3n) is 4.08. The molecular formula is C16H18FNO. The largest absolute Gasteiger partial charge is 0.388 e. The molecule has 3 rings (SSSR count). The van der Waals surface area contributed by atoms with Crippen LogP contribution >= 0.6 is 0 Å². The molecule has 0 bridgehead atoms. The van der Waals surface area contributed by atoms with E-state index in [2.05, 4.69) is 11.5 Å². The molecule has 0 aliphatic heterocycles. The van der Waals surface area contributed by atoms with E-state index < -0.39 is 0 Å². The van der Waals surface area contributed by atoms with Crippen LogP contribution in [-0.2, 0) is 6.42 Å². The molecule has 1 aromatic heterocycles. The smallest absolute Gasteiger partial charge is 0.123 e.